The van der Waals surface area contributed by atoms with Crippen LogP contribution in [0.25, 0.3) is 0 Å². The predicted molar refractivity (Wildman–Crippen MR) is 88.8 cm³/mol. The molecule has 0 radical (unpaired) electrons. The van der Waals surface area contributed by atoms with E-state index in [1.54, 1.807) is 0 Å². The molecule has 0 amide bonds. The smallest absolute Gasteiger partial charge is 0.0236 e. The molecule has 0 unspecified atom stereocenters. The Morgan fingerprint density at radius 1 is 1.10 bits per heavy atom. The van der Waals surface area contributed by atoms with Crippen LogP contribution in [0.1, 0.15) is 52.2 Å². The van der Waals surface area contributed by atoms with Crippen LogP contribution < -0.4 is 5.32 Å². The Morgan fingerprint density at radius 3 is 2.40 bits per heavy atom. The van der Waals surface area contributed by atoms with E-state index in [1.165, 1.54) is 17.5 Å². The summed E-state index contributed by atoms with van der Waals surface area (Å²) in [6.45, 7) is 15.7. The van der Waals surface area contributed by atoms with Gasteiger partial charge in [-0.15, -0.1) is 0 Å². The minimum Gasteiger partial charge on any atom is -0.313 e. The lowest BCUT2D eigenvalue weighted by Gasteiger charge is -2.28. The van der Waals surface area contributed by atoms with Crippen LogP contribution in [-0.2, 0) is 13.1 Å². The molecule has 114 valence electrons. The number of benzene rings is 1. The highest BCUT2D eigenvalue weighted by Crippen LogP contribution is 2.12. The summed E-state index contributed by atoms with van der Waals surface area (Å²) in [5, 5.41) is 3.47. The second kappa shape index (κ2) is 9.15. The van der Waals surface area contributed by atoms with Crippen molar-refractivity contribution >= 4 is 0 Å². The summed E-state index contributed by atoms with van der Waals surface area (Å²) in [6, 6.07) is 9.59. The van der Waals surface area contributed by atoms with Gasteiger partial charge in [-0.25, -0.2) is 0 Å². The summed E-state index contributed by atoms with van der Waals surface area (Å²) in [5.41, 5.74) is 2.82. The minimum absolute atomic E-state index is 0.597. The van der Waals surface area contributed by atoms with Crippen LogP contribution in [-0.4, -0.2) is 24.0 Å². The van der Waals surface area contributed by atoms with Crippen LogP contribution in [0.3, 0.4) is 0 Å². The third-order valence-electron chi connectivity index (χ3n) is 3.46. The van der Waals surface area contributed by atoms with E-state index in [0.29, 0.717) is 12.0 Å². The fourth-order valence-corrected chi connectivity index (χ4v) is 2.41. The van der Waals surface area contributed by atoms with E-state index >= 15 is 0 Å². The van der Waals surface area contributed by atoms with Crippen molar-refractivity contribution in [2.45, 2.75) is 60.2 Å². The maximum Gasteiger partial charge on any atom is 0.0236 e. The van der Waals surface area contributed by atoms with Crippen LogP contribution in [0.4, 0.5) is 0 Å². The van der Waals surface area contributed by atoms with Crippen molar-refractivity contribution in [3.05, 3.63) is 35.4 Å². The quantitative estimate of drug-likeness (QED) is 0.684. The molecule has 1 aromatic rings. The molecule has 0 aliphatic heterocycles. The summed E-state index contributed by atoms with van der Waals surface area (Å²) in [4.78, 5) is 2.56. The molecule has 0 saturated carbocycles. The molecule has 0 spiro atoms. The average molecular weight is 276 g/mol. The first kappa shape index (κ1) is 17.2. The largest absolute Gasteiger partial charge is 0.313 e. The summed E-state index contributed by atoms with van der Waals surface area (Å²) in [6.07, 6.45) is 1.19. The van der Waals surface area contributed by atoms with E-state index in [1.807, 2.05) is 0 Å². The SMILES string of the molecule is CCCNCc1cccc(CN(CC(C)C)C(C)C)c1. The number of rotatable bonds is 9. The van der Waals surface area contributed by atoms with Gasteiger partial charge in [0, 0.05) is 25.7 Å². The maximum atomic E-state index is 3.47. The van der Waals surface area contributed by atoms with Crippen LogP contribution in [0.2, 0.25) is 0 Å². The Hall–Kier alpha value is -0.860. The first-order chi connectivity index (χ1) is 9.52. The van der Waals surface area contributed by atoms with Gasteiger partial charge in [0.25, 0.3) is 0 Å². The van der Waals surface area contributed by atoms with Crippen molar-refractivity contribution < 1.29 is 0 Å². The number of hydrogen-bond acceptors (Lipinski definition) is 2. The van der Waals surface area contributed by atoms with Crippen LogP contribution in [0.5, 0.6) is 0 Å². The van der Waals surface area contributed by atoms with Crippen LogP contribution in [0, 0.1) is 5.92 Å². The minimum atomic E-state index is 0.597. The second-order valence-electron chi connectivity index (χ2n) is 6.41. The second-order valence-corrected chi connectivity index (χ2v) is 6.41. The van der Waals surface area contributed by atoms with Crippen molar-refractivity contribution in [3.63, 3.8) is 0 Å². The normalized spacial score (nSPS) is 11.8. The summed E-state index contributed by atoms with van der Waals surface area (Å²) < 4.78 is 0. The Bertz CT molecular complexity index is 371. The zero-order valence-corrected chi connectivity index (χ0v) is 13.9. The number of nitrogens with one attached hydrogen (secondary N) is 1. The summed E-state index contributed by atoms with van der Waals surface area (Å²) in [7, 11) is 0. The van der Waals surface area contributed by atoms with Gasteiger partial charge in [-0.1, -0.05) is 45.0 Å². The van der Waals surface area contributed by atoms with E-state index in [4.69, 9.17) is 0 Å². The van der Waals surface area contributed by atoms with Gasteiger partial charge in [0.2, 0.25) is 0 Å². The monoisotopic (exact) mass is 276 g/mol. The molecule has 0 aromatic heterocycles. The molecule has 2 heteroatoms. The number of hydrogen-bond donors (Lipinski definition) is 1. The molecule has 0 saturated heterocycles. The first-order valence-electron chi connectivity index (χ1n) is 8.05. The van der Waals surface area contributed by atoms with Gasteiger partial charge in [0.1, 0.15) is 0 Å². The molecule has 0 aliphatic rings. The fraction of sp³-hybridized carbons (Fsp3) is 0.667. The lowest BCUT2D eigenvalue weighted by molar-refractivity contribution is 0.189. The molecule has 1 N–H and O–H groups in total. The topological polar surface area (TPSA) is 15.3 Å². The molecule has 2 nitrogen and oxygen atoms in total. The Balaban J connectivity index is 2.63. The van der Waals surface area contributed by atoms with E-state index in [0.717, 1.165) is 26.2 Å². The van der Waals surface area contributed by atoms with E-state index < -0.39 is 0 Å². The van der Waals surface area contributed by atoms with Gasteiger partial charge in [0.15, 0.2) is 0 Å². The van der Waals surface area contributed by atoms with Crippen molar-refractivity contribution in [2.75, 3.05) is 13.1 Å². The molecule has 1 aromatic carbocycles. The highest BCUT2D eigenvalue weighted by atomic mass is 15.1. The highest BCUT2D eigenvalue weighted by Gasteiger charge is 2.11. The van der Waals surface area contributed by atoms with Gasteiger partial charge in [0.05, 0.1) is 0 Å². The van der Waals surface area contributed by atoms with Crippen molar-refractivity contribution in [3.8, 4) is 0 Å². The lowest BCUT2D eigenvalue weighted by Crippen LogP contribution is -2.33. The summed E-state index contributed by atoms with van der Waals surface area (Å²) in [5.74, 6) is 0.715. The van der Waals surface area contributed by atoms with Crippen molar-refractivity contribution in [2.24, 2.45) is 5.92 Å². The first-order valence-corrected chi connectivity index (χ1v) is 8.05. The Kier molecular flexibility index (Phi) is 7.86. The van der Waals surface area contributed by atoms with Crippen LogP contribution >= 0.6 is 0 Å². The van der Waals surface area contributed by atoms with E-state index in [2.05, 4.69) is 69.1 Å². The number of nitrogens with zero attached hydrogens (tertiary/aromatic N) is 1. The van der Waals surface area contributed by atoms with Gasteiger partial charge in [-0.3, -0.25) is 4.90 Å². The summed E-state index contributed by atoms with van der Waals surface area (Å²) >= 11 is 0. The predicted octanol–water partition coefficient (Wildman–Crippen LogP) is 4.05. The molecule has 0 bridgehead atoms. The standard InChI is InChI=1S/C18H32N2/c1-6-10-19-12-17-8-7-9-18(11-17)14-20(16(4)5)13-15(2)3/h7-9,11,15-16,19H,6,10,12-14H2,1-5H3. The van der Waals surface area contributed by atoms with Gasteiger partial charge in [-0.2, -0.15) is 0 Å². The van der Waals surface area contributed by atoms with Crippen molar-refractivity contribution in [1.29, 1.82) is 0 Å². The average Bonchev–Trinajstić information content (AvgIpc) is 2.38. The fourth-order valence-electron chi connectivity index (χ4n) is 2.41. The molecule has 20 heavy (non-hydrogen) atoms. The van der Waals surface area contributed by atoms with E-state index in [9.17, 15) is 0 Å². The van der Waals surface area contributed by atoms with Gasteiger partial charge >= 0.3 is 0 Å². The molecule has 0 heterocycles. The van der Waals surface area contributed by atoms with Crippen LogP contribution in [0.15, 0.2) is 24.3 Å². The molecule has 0 atom stereocenters. The Morgan fingerprint density at radius 2 is 1.80 bits per heavy atom. The third-order valence-corrected chi connectivity index (χ3v) is 3.46. The Labute approximate surface area is 125 Å². The molecule has 0 aliphatic carbocycles. The van der Waals surface area contributed by atoms with E-state index in [-0.39, 0.29) is 0 Å². The lowest BCUT2D eigenvalue weighted by atomic mass is 10.1. The van der Waals surface area contributed by atoms with Gasteiger partial charge in [-0.05, 0) is 43.9 Å². The zero-order valence-electron chi connectivity index (χ0n) is 13.9. The highest BCUT2D eigenvalue weighted by molar-refractivity contribution is 5.23. The third kappa shape index (κ3) is 6.53. The molecule has 0 fully saturated rings. The maximum absolute atomic E-state index is 3.47. The van der Waals surface area contributed by atoms with Gasteiger partial charge < -0.3 is 5.32 Å². The molecular formula is C18H32N2. The van der Waals surface area contributed by atoms with Crippen molar-refractivity contribution in [1.82, 2.24) is 10.2 Å². The zero-order chi connectivity index (χ0) is 15.0. The molecule has 1 rings (SSSR count). The molecular weight excluding hydrogens is 244 g/mol.